The predicted octanol–water partition coefficient (Wildman–Crippen LogP) is 4.14. The molecule has 0 heterocycles. The molecule has 0 aliphatic rings. The second-order valence-corrected chi connectivity index (χ2v) is 6.18. The molecular weight excluding hydrogens is 212 g/mol. The molecule has 0 aromatic carbocycles. The van der Waals surface area contributed by atoms with Gasteiger partial charge >= 0.3 is 0 Å². The Hall–Kier alpha value is -0.0800. The van der Waals surface area contributed by atoms with Crippen molar-refractivity contribution in [1.82, 2.24) is 0 Å². The van der Waals surface area contributed by atoms with Crippen LogP contribution in [0.3, 0.4) is 0 Å². The van der Waals surface area contributed by atoms with E-state index in [0.717, 1.165) is 37.9 Å². The molecule has 2 heteroatoms. The zero-order valence-corrected chi connectivity index (χ0v) is 12.7. The summed E-state index contributed by atoms with van der Waals surface area (Å²) in [4.78, 5) is 0. The molecule has 0 saturated carbocycles. The lowest BCUT2D eigenvalue weighted by Gasteiger charge is -2.37. The molecule has 0 N–H and O–H groups in total. The Morgan fingerprint density at radius 2 is 1.12 bits per heavy atom. The van der Waals surface area contributed by atoms with Gasteiger partial charge in [0.1, 0.15) is 0 Å². The Morgan fingerprint density at radius 3 is 1.35 bits per heavy atom. The van der Waals surface area contributed by atoms with Crippen LogP contribution >= 0.6 is 0 Å². The number of rotatable bonds is 10. The van der Waals surface area contributed by atoms with Gasteiger partial charge in [0.15, 0.2) is 0 Å². The van der Waals surface area contributed by atoms with Gasteiger partial charge in [-0.2, -0.15) is 0 Å². The third-order valence-electron chi connectivity index (χ3n) is 3.36. The fourth-order valence-electron chi connectivity index (χ4n) is 2.99. The van der Waals surface area contributed by atoms with Crippen LogP contribution in [-0.4, -0.2) is 27.4 Å². The van der Waals surface area contributed by atoms with Crippen molar-refractivity contribution >= 4 is 0 Å². The topological polar surface area (TPSA) is 18.5 Å². The van der Waals surface area contributed by atoms with Crippen molar-refractivity contribution < 1.29 is 9.47 Å². The van der Waals surface area contributed by atoms with E-state index >= 15 is 0 Å². The molecule has 0 aromatic rings. The smallest absolute Gasteiger partial charge is 0.0467 e. The predicted molar refractivity (Wildman–Crippen MR) is 74.3 cm³/mol. The van der Waals surface area contributed by atoms with Crippen LogP contribution in [0.5, 0.6) is 0 Å². The third kappa shape index (κ3) is 7.77. The number of methoxy groups -OCH3 is 2. The van der Waals surface area contributed by atoms with Crippen molar-refractivity contribution in [2.45, 2.75) is 53.4 Å². The van der Waals surface area contributed by atoms with Crippen LogP contribution in [0, 0.1) is 17.3 Å². The van der Waals surface area contributed by atoms with Gasteiger partial charge in [0.05, 0.1) is 0 Å². The molecule has 104 valence electrons. The van der Waals surface area contributed by atoms with Gasteiger partial charge in [-0.05, 0) is 42.9 Å². The molecule has 0 amide bonds. The van der Waals surface area contributed by atoms with Crippen LogP contribution in [0.2, 0.25) is 0 Å². The summed E-state index contributed by atoms with van der Waals surface area (Å²) >= 11 is 0. The minimum atomic E-state index is 0.397. The lowest BCUT2D eigenvalue weighted by Crippen LogP contribution is -2.28. The van der Waals surface area contributed by atoms with E-state index in [-0.39, 0.29) is 0 Å². The van der Waals surface area contributed by atoms with Crippen LogP contribution in [0.25, 0.3) is 0 Å². The molecule has 0 aliphatic carbocycles. The largest absolute Gasteiger partial charge is 0.385 e. The van der Waals surface area contributed by atoms with Gasteiger partial charge in [-0.25, -0.2) is 0 Å². The van der Waals surface area contributed by atoms with E-state index in [1.165, 1.54) is 12.8 Å². The van der Waals surface area contributed by atoms with Crippen LogP contribution in [-0.2, 0) is 9.47 Å². The number of hydrogen-bond donors (Lipinski definition) is 0. The van der Waals surface area contributed by atoms with Crippen LogP contribution < -0.4 is 0 Å². The molecule has 2 nitrogen and oxygen atoms in total. The monoisotopic (exact) mass is 244 g/mol. The Kier molecular flexibility index (Phi) is 8.89. The van der Waals surface area contributed by atoms with Gasteiger partial charge < -0.3 is 9.47 Å². The van der Waals surface area contributed by atoms with Crippen LogP contribution in [0.15, 0.2) is 0 Å². The van der Waals surface area contributed by atoms with Gasteiger partial charge in [-0.15, -0.1) is 0 Å². The maximum Gasteiger partial charge on any atom is 0.0467 e. The van der Waals surface area contributed by atoms with Crippen molar-refractivity contribution in [2.75, 3.05) is 27.4 Å². The molecule has 0 fully saturated rings. The highest BCUT2D eigenvalue weighted by Crippen LogP contribution is 2.40. The maximum atomic E-state index is 5.30. The molecule has 0 aliphatic heterocycles. The number of ether oxygens (including phenoxy) is 2. The third-order valence-corrected chi connectivity index (χ3v) is 3.36. The number of hydrogen-bond acceptors (Lipinski definition) is 2. The lowest BCUT2D eigenvalue weighted by molar-refractivity contribution is 0.0610. The second-order valence-electron chi connectivity index (χ2n) is 6.18. The minimum Gasteiger partial charge on any atom is -0.385 e. The van der Waals surface area contributed by atoms with Crippen molar-refractivity contribution in [2.24, 2.45) is 17.3 Å². The highest BCUT2D eigenvalue weighted by Gasteiger charge is 2.31. The molecule has 0 aromatic heterocycles. The van der Waals surface area contributed by atoms with E-state index in [2.05, 4.69) is 27.7 Å². The highest BCUT2D eigenvalue weighted by molar-refractivity contribution is 4.82. The van der Waals surface area contributed by atoms with Crippen molar-refractivity contribution in [3.63, 3.8) is 0 Å². The van der Waals surface area contributed by atoms with E-state index in [1.54, 1.807) is 14.2 Å². The molecule has 0 radical (unpaired) electrons. The maximum absolute atomic E-state index is 5.30. The first-order chi connectivity index (χ1) is 7.95. The highest BCUT2D eigenvalue weighted by atomic mass is 16.5. The van der Waals surface area contributed by atoms with Gasteiger partial charge in [-0.1, -0.05) is 27.7 Å². The SMILES string of the molecule is COCCC(CCOC)(CC(C)C)CC(C)C. The molecule has 0 spiro atoms. The average Bonchev–Trinajstić information content (AvgIpc) is 2.22. The summed E-state index contributed by atoms with van der Waals surface area (Å²) in [5.74, 6) is 1.48. The van der Waals surface area contributed by atoms with E-state index in [9.17, 15) is 0 Å². The fraction of sp³-hybridized carbons (Fsp3) is 1.00. The molecule has 0 unspecified atom stereocenters. The Labute approximate surface area is 108 Å². The van der Waals surface area contributed by atoms with E-state index < -0.39 is 0 Å². The van der Waals surface area contributed by atoms with Gasteiger partial charge in [0.2, 0.25) is 0 Å². The normalized spacial score (nSPS) is 12.7. The molecule has 0 saturated heterocycles. The molecule has 17 heavy (non-hydrogen) atoms. The second kappa shape index (κ2) is 8.93. The van der Waals surface area contributed by atoms with Gasteiger partial charge in [-0.3, -0.25) is 0 Å². The van der Waals surface area contributed by atoms with Crippen LogP contribution in [0.1, 0.15) is 53.4 Å². The summed E-state index contributed by atoms with van der Waals surface area (Å²) in [5, 5.41) is 0. The zero-order valence-electron chi connectivity index (χ0n) is 12.7. The zero-order chi connectivity index (χ0) is 13.3. The molecule has 0 atom stereocenters. The first-order valence-electron chi connectivity index (χ1n) is 6.93. The van der Waals surface area contributed by atoms with E-state index in [0.29, 0.717) is 5.41 Å². The van der Waals surface area contributed by atoms with Crippen molar-refractivity contribution in [3.8, 4) is 0 Å². The standard InChI is InChI=1S/C15H32O2/c1-13(2)11-15(7-9-16-5,8-10-17-6)12-14(3)4/h13-14H,7-12H2,1-6H3. The van der Waals surface area contributed by atoms with Crippen molar-refractivity contribution in [1.29, 1.82) is 0 Å². The summed E-state index contributed by atoms with van der Waals surface area (Å²) in [6, 6.07) is 0. The summed E-state index contributed by atoms with van der Waals surface area (Å²) in [6.45, 7) is 11.0. The first-order valence-corrected chi connectivity index (χ1v) is 6.93. The average molecular weight is 244 g/mol. The summed E-state index contributed by atoms with van der Waals surface area (Å²) in [7, 11) is 3.59. The Morgan fingerprint density at radius 1 is 0.765 bits per heavy atom. The molecule has 0 rings (SSSR count). The summed E-state index contributed by atoms with van der Waals surface area (Å²) in [5.41, 5.74) is 0.397. The summed E-state index contributed by atoms with van der Waals surface area (Å²) < 4.78 is 10.6. The molecule has 0 bridgehead atoms. The molecular formula is C15H32O2. The van der Waals surface area contributed by atoms with Crippen LogP contribution in [0.4, 0.5) is 0 Å². The van der Waals surface area contributed by atoms with Gasteiger partial charge in [0, 0.05) is 27.4 Å². The van der Waals surface area contributed by atoms with E-state index in [4.69, 9.17) is 9.47 Å². The quantitative estimate of drug-likeness (QED) is 0.575. The first kappa shape index (κ1) is 16.9. The Balaban J connectivity index is 4.63. The van der Waals surface area contributed by atoms with E-state index in [1.807, 2.05) is 0 Å². The minimum absolute atomic E-state index is 0.397. The summed E-state index contributed by atoms with van der Waals surface area (Å²) in [6.07, 6.45) is 4.86. The van der Waals surface area contributed by atoms with Crippen molar-refractivity contribution in [3.05, 3.63) is 0 Å². The fourth-order valence-corrected chi connectivity index (χ4v) is 2.99. The lowest BCUT2D eigenvalue weighted by atomic mass is 9.70. The Bertz CT molecular complexity index is 156. The van der Waals surface area contributed by atoms with Gasteiger partial charge in [0.25, 0.3) is 0 Å².